The summed E-state index contributed by atoms with van der Waals surface area (Å²) in [6.45, 7) is 12.1. The number of hydrogen-bond acceptors (Lipinski definition) is 4. The predicted molar refractivity (Wildman–Crippen MR) is 70.4 cm³/mol. The molecule has 0 aromatic carbocycles. The molecule has 1 saturated heterocycles. The van der Waals surface area contributed by atoms with Crippen LogP contribution in [0, 0.1) is 0 Å². The molecule has 104 valence electrons. The van der Waals surface area contributed by atoms with Crippen LogP contribution in [0.25, 0.3) is 0 Å². The Kier molecular flexibility index (Phi) is 5.47. The lowest BCUT2D eigenvalue weighted by Crippen LogP contribution is -2.60. The van der Waals surface area contributed by atoms with Crippen molar-refractivity contribution in [1.29, 1.82) is 0 Å². The quantitative estimate of drug-likeness (QED) is 0.581. The van der Waals surface area contributed by atoms with Gasteiger partial charge in [0.05, 0.1) is 12.9 Å². The van der Waals surface area contributed by atoms with Crippen LogP contribution in [-0.4, -0.2) is 48.9 Å². The number of carbonyl (C=O) groups is 1. The molecule has 1 aliphatic heterocycles. The molecule has 1 N–H and O–H groups in total. The Labute approximate surface area is 109 Å². The minimum absolute atomic E-state index is 0.226. The number of likely N-dealkylation sites (tertiary alicyclic amines) is 1. The van der Waals surface area contributed by atoms with Gasteiger partial charge in [0.1, 0.15) is 5.60 Å². The zero-order valence-corrected chi connectivity index (χ0v) is 11.6. The van der Waals surface area contributed by atoms with Gasteiger partial charge in [0, 0.05) is 19.1 Å². The lowest BCUT2D eigenvalue weighted by molar-refractivity contribution is 0.00524. The topological polar surface area (TPSA) is 50.8 Å². The molecule has 5 nitrogen and oxygen atoms in total. The highest BCUT2D eigenvalue weighted by Crippen LogP contribution is 2.14. The van der Waals surface area contributed by atoms with Gasteiger partial charge in [-0.2, -0.15) is 0 Å². The summed E-state index contributed by atoms with van der Waals surface area (Å²) in [4.78, 5) is 13.4. The fourth-order valence-electron chi connectivity index (χ4n) is 1.63. The monoisotopic (exact) mass is 256 g/mol. The first-order valence-corrected chi connectivity index (χ1v) is 6.36. The summed E-state index contributed by atoms with van der Waals surface area (Å²) in [6.07, 6.45) is 2.17. The van der Waals surface area contributed by atoms with Gasteiger partial charge in [-0.25, -0.2) is 4.79 Å². The standard InChI is InChI=1S/C13H24N2O3/c1-5-17-8-6-7-14-11-9-15(10-11)12(16)18-13(2,3)4/h5,11,14H,1,6-10H2,2-4H3. The van der Waals surface area contributed by atoms with Crippen molar-refractivity contribution >= 4 is 6.09 Å². The number of hydrogen-bond donors (Lipinski definition) is 1. The third kappa shape index (κ3) is 5.40. The average Bonchev–Trinajstić information content (AvgIpc) is 2.17. The summed E-state index contributed by atoms with van der Waals surface area (Å²) in [5, 5.41) is 3.36. The van der Waals surface area contributed by atoms with Crippen LogP contribution >= 0.6 is 0 Å². The first-order valence-electron chi connectivity index (χ1n) is 6.36. The number of rotatable bonds is 6. The minimum atomic E-state index is -0.419. The third-order valence-electron chi connectivity index (χ3n) is 2.52. The van der Waals surface area contributed by atoms with Gasteiger partial charge in [0.2, 0.25) is 0 Å². The molecular weight excluding hydrogens is 232 g/mol. The van der Waals surface area contributed by atoms with Gasteiger partial charge in [-0.05, 0) is 33.7 Å². The fourth-order valence-corrected chi connectivity index (χ4v) is 1.63. The van der Waals surface area contributed by atoms with Crippen molar-refractivity contribution in [2.24, 2.45) is 0 Å². The Hall–Kier alpha value is -1.23. The summed E-state index contributed by atoms with van der Waals surface area (Å²) in [7, 11) is 0. The SMILES string of the molecule is C=COCCCNC1CN(C(=O)OC(C)(C)C)C1. The molecule has 1 rings (SSSR count). The van der Waals surface area contributed by atoms with Crippen LogP contribution < -0.4 is 5.32 Å². The molecule has 0 saturated carbocycles. The van der Waals surface area contributed by atoms with E-state index in [-0.39, 0.29) is 6.09 Å². The van der Waals surface area contributed by atoms with Crippen LogP contribution in [0.3, 0.4) is 0 Å². The van der Waals surface area contributed by atoms with Gasteiger partial charge in [0.25, 0.3) is 0 Å². The molecule has 18 heavy (non-hydrogen) atoms. The molecule has 1 heterocycles. The Balaban J connectivity index is 2.05. The van der Waals surface area contributed by atoms with Crippen molar-refractivity contribution in [3.05, 3.63) is 12.8 Å². The maximum absolute atomic E-state index is 11.6. The molecule has 0 unspecified atom stereocenters. The summed E-state index contributed by atoms with van der Waals surface area (Å²) >= 11 is 0. The lowest BCUT2D eigenvalue weighted by atomic mass is 10.1. The smallest absolute Gasteiger partial charge is 0.410 e. The maximum Gasteiger partial charge on any atom is 0.410 e. The summed E-state index contributed by atoms with van der Waals surface area (Å²) in [5.41, 5.74) is -0.419. The molecule has 0 aromatic heterocycles. The molecule has 1 amide bonds. The zero-order chi connectivity index (χ0) is 13.6. The Morgan fingerprint density at radius 3 is 2.72 bits per heavy atom. The van der Waals surface area contributed by atoms with Gasteiger partial charge in [0.15, 0.2) is 0 Å². The molecule has 1 aliphatic rings. The fraction of sp³-hybridized carbons (Fsp3) is 0.769. The molecule has 5 heteroatoms. The number of carbonyl (C=O) groups excluding carboxylic acids is 1. The second kappa shape index (κ2) is 6.64. The van der Waals surface area contributed by atoms with Crippen LogP contribution in [0.5, 0.6) is 0 Å². The second-order valence-corrected chi connectivity index (χ2v) is 5.43. The largest absolute Gasteiger partial charge is 0.502 e. The van der Waals surface area contributed by atoms with Crippen molar-refractivity contribution in [1.82, 2.24) is 10.2 Å². The van der Waals surface area contributed by atoms with Crippen molar-refractivity contribution in [3.8, 4) is 0 Å². The number of amides is 1. The van der Waals surface area contributed by atoms with Crippen molar-refractivity contribution in [3.63, 3.8) is 0 Å². The zero-order valence-electron chi connectivity index (χ0n) is 11.6. The van der Waals surface area contributed by atoms with Crippen molar-refractivity contribution < 1.29 is 14.3 Å². The van der Waals surface area contributed by atoms with Crippen molar-refractivity contribution in [2.45, 2.75) is 38.8 Å². The molecular formula is C13H24N2O3. The summed E-state index contributed by atoms with van der Waals surface area (Å²) in [5.74, 6) is 0. The minimum Gasteiger partial charge on any atom is -0.502 e. The molecule has 0 spiro atoms. The predicted octanol–water partition coefficient (Wildman–Crippen LogP) is 1.75. The van der Waals surface area contributed by atoms with E-state index >= 15 is 0 Å². The number of nitrogens with one attached hydrogen (secondary N) is 1. The number of nitrogens with zero attached hydrogens (tertiary/aromatic N) is 1. The van der Waals surface area contributed by atoms with E-state index in [2.05, 4.69) is 11.9 Å². The van der Waals surface area contributed by atoms with Crippen LogP contribution in [-0.2, 0) is 9.47 Å². The molecule has 1 fully saturated rings. The van der Waals surface area contributed by atoms with E-state index in [1.165, 1.54) is 6.26 Å². The molecule has 0 aliphatic carbocycles. The highest BCUT2D eigenvalue weighted by Gasteiger charge is 2.32. The van der Waals surface area contributed by atoms with E-state index in [0.29, 0.717) is 12.6 Å². The summed E-state index contributed by atoms with van der Waals surface area (Å²) in [6, 6.07) is 0.376. The van der Waals surface area contributed by atoms with E-state index in [4.69, 9.17) is 9.47 Å². The Morgan fingerprint density at radius 2 is 2.17 bits per heavy atom. The number of ether oxygens (including phenoxy) is 2. The second-order valence-electron chi connectivity index (χ2n) is 5.43. The Morgan fingerprint density at radius 1 is 1.50 bits per heavy atom. The van der Waals surface area contributed by atoms with E-state index in [1.54, 1.807) is 4.90 Å². The van der Waals surface area contributed by atoms with E-state index in [0.717, 1.165) is 26.1 Å². The van der Waals surface area contributed by atoms with Gasteiger partial charge >= 0.3 is 6.09 Å². The molecule has 0 atom stereocenters. The van der Waals surface area contributed by atoms with Gasteiger partial charge in [-0.15, -0.1) is 0 Å². The Bertz CT molecular complexity index is 280. The summed E-state index contributed by atoms with van der Waals surface area (Å²) < 4.78 is 10.3. The van der Waals surface area contributed by atoms with E-state index < -0.39 is 5.60 Å². The first kappa shape index (κ1) is 14.8. The molecule has 0 bridgehead atoms. The maximum atomic E-state index is 11.6. The van der Waals surface area contributed by atoms with Gasteiger partial charge in [-0.3, -0.25) is 0 Å². The normalized spacial score (nSPS) is 16.1. The van der Waals surface area contributed by atoms with Crippen LogP contribution in [0.4, 0.5) is 4.79 Å². The molecule has 0 aromatic rings. The lowest BCUT2D eigenvalue weighted by Gasteiger charge is -2.40. The average molecular weight is 256 g/mol. The van der Waals surface area contributed by atoms with Gasteiger partial charge in [-0.1, -0.05) is 6.58 Å². The van der Waals surface area contributed by atoms with Crippen LogP contribution in [0.1, 0.15) is 27.2 Å². The van der Waals surface area contributed by atoms with Crippen molar-refractivity contribution in [2.75, 3.05) is 26.2 Å². The third-order valence-corrected chi connectivity index (χ3v) is 2.52. The van der Waals surface area contributed by atoms with Gasteiger partial charge < -0.3 is 19.7 Å². The van der Waals surface area contributed by atoms with E-state index in [9.17, 15) is 4.79 Å². The molecule has 0 radical (unpaired) electrons. The highest BCUT2D eigenvalue weighted by atomic mass is 16.6. The first-order chi connectivity index (χ1) is 8.42. The van der Waals surface area contributed by atoms with E-state index in [1.807, 2.05) is 20.8 Å². The van der Waals surface area contributed by atoms with Crippen LogP contribution in [0.15, 0.2) is 12.8 Å². The highest BCUT2D eigenvalue weighted by molar-refractivity contribution is 5.69. The van der Waals surface area contributed by atoms with Crippen LogP contribution in [0.2, 0.25) is 0 Å².